The number of carbonyl (C=O) groups excluding carboxylic acids is 2. The molecule has 2 aliphatic rings. The van der Waals surface area contributed by atoms with Crippen LogP contribution in [-0.2, 0) is 16.0 Å². The van der Waals surface area contributed by atoms with Crippen LogP contribution in [0.3, 0.4) is 0 Å². The van der Waals surface area contributed by atoms with E-state index in [4.69, 9.17) is 4.74 Å². The van der Waals surface area contributed by atoms with E-state index in [0.717, 1.165) is 29.3 Å². The van der Waals surface area contributed by atoms with Crippen LogP contribution in [-0.4, -0.2) is 53.7 Å². The van der Waals surface area contributed by atoms with Crippen LogP contribution in [0, 0.1) is 5.92 Å². The number of rotatable bonds is 8. The number of benzene rings is 1. The highest BCUT2D eigenvalue weighted by Crippen LogP contribution is 2.40. The molecule has 6 nitrogen and oxygen atoms in total. The Labute approximate surface area is 193 Å². The number of ether oxygens (including phenoxy) is 1. The third kappa shape index (κ3) is 6.56. The van der Waals surface area contributed by atoms with Crippen LogP contribution in [0.4, 0.5) is 5.69 Å². The molecule has 0 bridgehead atoms. The number of nitrogens with one attached hydrogen (secondary N) is 1. The molecule has 2 aliphatic heterocycles. The van der Waals surface area contributed by atoms with Gasteiger partial charge in [-0.25, -0.2) is 0 Å². The lowest BCUT2D eigenvalue weighted by Crippen LogP contribution is -2.54. The molecule has 0 saturated carbocycles. The van der Waals surface area contributed by atoms with Crippen LogP contribution >= 0.6 is 21.6 Å². The van der Waals surface area contributed by atoms with Crippen LogP contribution in [0.5, 0.6) is 5.75 Å². The summed E-state index contributed by atoms with van der Waals surface area (Å²) in [5, 5.41) is 13.4. The maximum absolute atomic E-state index is 12.8. The van der Waals surface area contributed by atoms with E-state index in [1.807, 2.05) is 59.5 Å². The van der Waals surface area contributed by atoms with Crippen molar-refractivity contribution in [2.24, 2.45) is 5.92 Å². The van der Waals surface area contributed by atoms with Gasteiger partial charge in [-0.2, -0.15) is 0 Å². The van der Waals surface area contributed by atoms with Gasteiger partial charge in [-0.3, -0.25) is 9.59 Å². The molecule has 1 aromatic rings. The number of aliphatic hydroxyl groups is 1. The van der Waals surface area contributed by atoms with Gasteiger partial charge in [-0.05, 0) is 43.2 Å². The van der Waals surface area contributed by atoms with E-state index in [1.54, 1.807) is 6.07 Å². The zero-order valence-electron chi connectivity index (χ0n) is 18.6. The van der Waals surface area contributed by atoms with Crippen LogP contribution in [0.15, 0.2) is 18.2 Å². The number of aliphatic hydroxyl groups excluding tert-OH is 1. The molecule has 2 heterocycles. The highest BCUT2D eigenvalue weighted by molar-refractivity contribution is 8.77. The highest BCUT2D eigenvalue weighted by atomic mass is 33.1. The predicted octanol–water partition coefficient (Wildman–Crippen LogP) is 3.80. The normalized spacial score (nSPS) is 23.8. The van der Waals surface area contributed by atoms with Gasteiger partial charge in [-0.15, -0.1) is 0 Å². The lowest BCUT2D eigenvalue weighted by molar-refractivity contribution is -0.134. The molecule has 0 spiro atoms. The number of hydrogen-bond acceptors (Lipinski definition) is 7. The van der Waals surface area contributed by atoms with Gasteiger partial charge < -0.3 is 20.1 Å². The van der Waals surface area contributed by atoms with Crippen molar-refractivity contribution in [2.75, 3.05) is 24.3 Å². The smallest absolute Gasteiger partial charge is 0.311 e. The molecule has 1 unspecified atom stereocenters. The van der Waals surface area contributed by atoms with Gasteiger partial charge in [0.15, 0.2) is 0 Å². The monoisotopic (exact) mass is 466 g/mol. The average molecular weight is 467 g/mol. The molecule has 172 valence electrons. The Hall–Kier alpha value is -1.38. The first kappa shape index (κ1) is 24.3. The predicted molar refractivity (Wildman–Crippen MR) is 129 cm³/mol. The summed E-state index contributed by atoms with van der Waals surface area (Å²) in [6.45, 7) is 3.89. The van der Waals surface area contributed by atoms with Gasteiger partial charge in [0, 0.05) is 36.2 Å². The van der Waals surface area contributed by atoms with Crippen molar-refractivity contribution in [2.45, 2.75) is 69.7 Å². The zero-order chi connectivity index (χ0) is 22.4. The molecular formula is C23H34N2O4S2. The standard InChI is InChI=1S/C23H34N2O4S2/c1-15(2)22-23(28)24-17(14-26)12-16-8-9-18(13-20(16)25(22)3)29-21(27)7-5-4-6-19-10-11-30-31-19/h8-9,13,15,17,19,22,26H,4-7,10-12,14H2,1-3H3,(H,24,28)/t17-,19?,22-/m0/s1. The molecule has 1 amide bonds. The summed E-state index contributed by atoms with van der Waals surface area (Å²) in [5.41, 5.74) is 1.88. The summed E-state index contributed by atoms with van der Waals surface area (Å²) in [5.74, 6) is 1.51. The number of nitrogens with zero attached hydrogens (tertiary/aromatic N) is 1. The number of unbranched alkanes of at least 4 members (excludes halogenated alkanes) is 1. The molecule has 8 heteroatoms. The van der Waals surface area contributed by atoms with Crippen molar-refractivity contribution in [3.05, 3.63) is 23.8 Å². The lowest BCUT2D eigenvalue weighted by Gasteiger charge is -2.37. The highest BCUT2D eigenvalue weighted by Gasteiger charge is 2.32. The van der Waals surface area contributed by atoms with Gasteiger partial charge in [0.2, 0.25) is 5.91 Å². The minimum atomic E-state index is -0.370. The quantitative estimate of drug-likeness (QED) is 0.261. The van der Waals surface area contributed by atoms with Gasteiger partial charge >= 0.3 is 5.97 Å². The van der Waals surface area contributed by atoms with Crippen LogP contribution in [0.1, 0.15) is 51.5 Å². The van der Waals surface area contributed by atoms with Gasteiger partial charge in [0.05, 0.1) is 12.6 Å². The van der Waals surface area contributed by atoms with Crippen LogP contribution in [0.25, 0.3) is 0 Å². The summed E-state index contributed by atoms with van der Waals surface area (Å²) in [6, 6.07) is 4.89. The first-order valence-corrected chi connectivity index (χ1v) is 13.5. The van der Waals surface area contributed by atoms with Crippen LogP contribution in [0.2, 0.25) is 0 Å². The fraction of sp³-hybridized carbons (Fsp3) is 0.652. The molecule has 31 heavy (non-hydrogen) atoms. The number of hydrogen-bond donors (Lipinski definition) is 2. The minimum Gasteiger partial charge on any atom is -0.426 e. The van der Waals surface area contributed by atoms with Crippen molar-refractivity contribution in [1.29, 1.82) is 0 Å². The molecule has 1 aromatic carbocycles. The molecule has 1 saturated heterocycles. The third-order valence-corrected chi connectivity index (χ3v) is 8.91. The van der Waals surface area contributed by atoms with E-state index in [1.165, 1.54) is 18.6 Å². The molecule has 0 aliphatic carbocycles. The van der Waals surface area contributed by atoms with E-state index < -0.39 is 0 Å². The Bertz CT molecular complexity index is 768. The Morgan fingerprint density at radius 3 is 2.84 bits per heavy atom. The number of carbonyl (C=O) groups is 2. The zero-order valence-corrected chi connectivity index (χ0v) is 20.3. The van der Waals surface area contributed by atoms with Crippen molar-refractivity contribution in [3.63, 3.8) is 0 Å². The maximum atomic E-state index is 12.8. The second kappa shape index (κ2) is 11.5. The van der Waals surface area contributed by atoms with Crippen molar-refractivity contribution in [3.8, 4) is 5.75 Å². The molecule has 2 N–H and O–H groups in total. The van der Waals surface area contributed by atoms with E-state index in [0.29, 0.717) is 18.6 Å². The molecule has 0 aromatic heterocycles. The third-order valence-electron chi connectivity index (χ3n) is 5.90. The number of anilines is 1. The minimum absolute atomic E-state index is 0.0814. The Morgan fingerprint density at radius 1 is 1.35 bits per heavy atom. The molecule has 0 radical (unpaired) electrons. The number of fused-ring (bicyclic) bond motifs is 1. The first-order valence-electron chi connectivity index (χ1n) is 11.1. The summed E-state index contributed by atoms with van der Waals surface area (Å²) in [6.07, 6.45) is 5.28. The number of amides is 1. The van der Waals surface area contributed by atoms with Crippen molar-refractivity contribution in [1.82, 2.24) is 5.32 Å². The van der Waals surface area contributed by atoms with E-state index in [9.17, 15) is 14.7 Å². The van der Waals surface area contributed by atoms with E-state index in [2.05, 4.69) is 5.32 Å². The Morgan fingerprint density at radius 2 is 2.16 bits per heavy atom. The number of esters is 1. The molecule has 1 fully saturated rings. The second-order valence-corrected chi connectivity index (χ2v) is 11.5. The fourth-order valence-electron chi connectivity index (χ4n) is 4.29. The van der Waals surface area contributed by atoms with E-state index in [-0.39, 0.29) is 36.5 Å². The van der Waals surface area contributed by atoms with Gasteiger partial charge in [-0.1, -0.05) is 47.9 Å². The van der Waals surface area contributed by atoms with Gasteiger partial charge in [0.25, 0.3) is 0 Å². The second-order valence-electron chi connectivity index (χ2n) is 8.73. The summed E-state index contributed by atoms with van der Waals surface area (Å²) in [7, 11) is 5.82. The SMILES string of the molecule is CC(C)[C@H]1C(=O)N[C@H](CO)Cc2ccc(OC(=O)CCCCC3CCSS3)cc2N1C. The molecule has 3 atom stereocenters. The van der Waals surface area contributed by atoms with Gasteiger partial charge in [0.1, 0.15) is 11.8 Å². The maximum Gasteiger partial charge on any atom is 0.311 e. The van der Waals surface area contributed by atoms with E-state index >= 15 is 0 Å². The molecule has 3 rings (SSSR count). The van der Waals surface area contributed by atoms with Crippen LogP contribution < -0.4 is 15.0 Å². The summed E-state index contributed by atoms with van der Waals surface area (Å²) in [4.78, 5) is 27.1. The number of likely N-dealkylation sites (N-methyl/N-ethyl adjacent to an activating group) is 1. The largest absolute Gasteiger partial charge is 0.426 e. The Balaban J connectivity index is 1.65. The van der Waals surface area contributed by atoms with Crippen molar-refractivity contribution < 1.29 is 19.4 Å². The average Bonchev–Trinajstić information content (AvgIpc) is 3.24. The lowest BCUT2D eigenvalue weighted by atomic mass is 9.95. The Kier molecular flexibility index (Phi) is 8.98. The summed E-state index contributed by atoms with van der Waals surface area (Å²) < 4.78 is 5.62. The first-order chi connectivity index (χ1) is 14.9. The molecular weight excluding hydrogens is 432 g/mol. The fourth-order valence-corrected chi connectivity index (χ4v) is 7.31. The summed E-state index contributed by atoms with van der Waals surface area (Å²) >= 11 is 0. The van der Waals surface area contributed by atoms with Crippen molar-refractivity contribution >= 4 is 39.2 Å². The topological polar surface area (TPSA) is 78.9 Å².